The summed E-state index contributed by atoms with van der Waals surface area (Å²) in [5.41, 5.74) is 3.13. The van der Waals surface area contributed by atoms with Gasteiger partial charge in [-0.05, 0) is 41.8 Å². The second-order valence-corrected chi connectivity index (χ2v) is 9.67. The summed E-state index contributed by atoms with van der Waals surface area (Å²) < 4.78 is 31.1. The summed E-state index contributed by atoms with van der Waals surface area (Å²) in [7, 11) is -2.28. The van der Waals surface area contributed by atoms with Crippen LogP contribution in [-0.4, -0.2) is 34.2 Å². The van der Waals surface area contributed by atoms with Crippen LogP contribution in [0.3, 0.4) is 0 Å². The van der Waals surface area contributed by atoms with Crippen LogP contribution in [0.2, 0.25) is 5.02 Å². The third-order valence-corrected chi connectivity index (χ3v) is 6.48. The quantitative estimate of drug-likeness (QED) is 0.529. The topological polar surface area (TPSA) is 75.7 Å². The molecule has 0 radical (unpaired) electrons. The molecule has 0 aliphatic carbocycles. The van der Waals surface area contributed by atoms with E-state index in [0.717, 1.165) is 27.3 Å². The van der Waals surface area contributed by atoms with Crippen LogP contribution < -0.4 is 14.4 Å². The van der Waals surface area contributed by atoms with Crippen LogP contribution in [0, 0.1) is 6.92 Å². The van der Waals surface area contributed by atoms with Gasteiger partial charge in [0.25, 0.3) is 0 Å². The van der Waals surface area contributed by atoms with Gasteiger partial charge in [-0.3, -0.25) is 9.10 Å². The molecule has 1 atom stereocenters. The summed E-state index contributed by atoms with van der Waals surface area (Å²) in [4.78, 5) is 13.1. The molecule has 0 spiro atoms. The van der Waals surface area contributed by atoms with Crippen molar-refractivity contribution < 1.29 is 17.9 Å². The molecule has 0 aromatic heterocycles. The standard InChI is InChI=1S/C24H25ClN2O4S/c1-17-9-7-8-12-20(17)24(18-10-5-4-6-11-18)26-23(28)16-27(32(3,29)30)19-13-14-22(31-2)21(25)15-19/h4-15,24H,16H2,1-3H3,(H,26,28). The number of amides is 1. The Morgan fingerprint density at radius 2 is 1.72 bits per heavy atom. The van der Waals surface area contributed by atoms with Gasteiger partial charge in [-0.1, -0.05) is 66.2 Å². The second kappa shape index (κ2) is 10.1. The number of aryl methyl sites for hydroxylation is 1. The summed E-state index contributed by atoms with van der Waals surface area (Å²) in [5, 5.41) is 3.25. The number of hydrogen-bond donors (Lipinski definition) is 1. The van der Waals surface area contributed by atoms with Crippen molar-refractivity contribution in [3.63, 3.8) is 0 Å². The Morgan fingerprint density at radius 1 is 1.06 bits per heavy atom. The molecule has 0 bridgehead atoms. The number of halogens is 1. The van der Waals surface area contributed by atoms with E-state index in [-0.39, 0.29) is 10.7 Å². The molecule has 0 aliphatic rings. The molecule has 0 saturated carbocycles. The lowest BCUT2D eigenvalue weighted by atomic mass is 9.95. The largest absolute Gasteiger partial charge is 0.495 e. The summed E-state index contributed by atoms with van der Waals surface area (Å²) in [6.45, 7) is 1.58. The van der Waals surface area contributed by atoms with Crippen molar-refractivity contribution in [1.29, 1.82) is 0 Å². The number of anilines is 1. The zero-order valence-corrected chi connectivity index (χ0v) is 19.7. The predicted molar refractivity (Wildman–Crippen MR) is 128 cm³/mol. The lowest BCUT2D eigenvalue weighted by Crippen LogP contribution is -2.42. The fourth-order valence-corrected chi connectivity index (χ4v) is 4.54. The lowest BCUT2D eigenvalue weighted by molar-refractivity contribution is -0.120. The van der Waals surface area contributed by atoms with Crippen LogP contribution in [0.1, 0.15) is 22.7 Å². The average Bonchev–Trinajstić information content (AvgIpc) is 2.76. The zero-order valence-electron chi connectivity index (χ0n) is 18.1. The van der Waals surface area contributed by atoms with E-state index in [9.17, 15) is 13.2 Å². The fraction of sp³-hybridized carbons (Fsp3) is 0.208. The van der Waals surface area contributed by atoms with Crippen molar-refractivity contribution in [3.8, 4) is 5.75 Å². The third kappa shape index (κ3) is 5.60. The van der Waals surface area contributed by atoms with Crippen molar-refractivity contribution in [2.24, 2.45) is 0 Å². The second-order valence-electron chi connectivity index (χ2n) is 7.36. The van der Waals surface area contributed by atoms with E-state index >= 15 is 0 Å². The molecular weight excluding hydrogens is 448 g/mol. The van der Waals surface area contributed by atoms with Gasteiger partial charge < -0.3 is 10.1 Å². The Balaban J connectivity index is 1.91. The molecule has 6 nitrogen and oxygen atoms in total. The van der Waals surface area contributed by atoms with Crippen LogP contribution in [0.15, 0.2) is 72.8 Å². The number of carbonyl (C=O) groups excluding carboxylic acids is 1. The van der Waals surface area contributed by atoms with E-state index in [4.69, 9.17) is 16.3 Å². The Labute approximate surface area is 193 Å². The van der Waals surface area contributed by atoms with E-state index in [0.29, 0.717) is 5.75 Å². The van der Waals surface area contributed by atoms with Gasteiger partial charge in [0.1, 0.15) is 12.3 Å². The molecule has 3 aromatic rings. The fourth-order valence-electron chi connectivity index (χ4n) is 3.44. The summed E-state index contributed by atoms with van der Waals surface area (Å²) in [6.07, 6.45) is 1.05. The van der Waals surface area contributed by atoms with Crippen LogP contribution in [0.4, 0.5) is 5.69 Å². The van der Waals surface area contributed by atoms with E-state index < -0.39 is 28.5 Å². The molecule has 0 saturated heterocycles. The minimum atomic E-state index is -3.75. The van der Waals surface area contributed by atoms with Crippen LogP contribution in [0.5, 0.6) is 5.75 Å². The minimum absolute atomic E-state index is 0.251. The molecule has 1 N–H and O–H groups in total. The van der Waals surface area contributed by atoms with Crippen molar-refractivity contribution >= 4 is 33.2 Å². The monoisotopic (exact) mass is 472 g/mol. The first-order chi connectivity index (χ1) is 15.2. The molecule has 3 rings (SSSR count). The van der Waals surface area contributed by atoms with Crippen molar-refractivity contribution in [2.45, 2.75) is 13.0 Å². The van der Waals surface area contributed by atoms with E-state index in [1.165, 1.54) is 13.2 Å². The van der Waals surface area contributed by atoms with Gasteiger partial charge in [0.15, 0.2) is 0 Å². The number of nitrogens with zero attached hydrogens (tertiary/aromatic N) is 1. The SMILES string of the molecule is COc1ccc(N(CC(=O)NC(c2ccccc2)c2ccccc2C)S(C)(=O)=O)cc1Cl. The van der Waals surface area contributed by atoms with Crippen molar-refractivity contribution in [2.75, 3.05) is 24.2 Å². The number of methoxy groups -OCH3 is 1. The summed E-state index contributed by atoms with van der Waals surface area (Å²) in [5.74, 6) is -0.0310. The van der Waals surface area contributed by atoms with Gasteiger partial charge in [0.2, 0.25) is 15.9 Å². The number of nitrogens with one attached hydrogen (secondary N) is 1. The number of carbonyl (C=O) groups is 1. The van der Waals surface area contributed by atoms with Crippen LogP contribution >= 0.6 is 11.6 Å². The number of ether oxygens (including phenoxy) is 1. The summed E-state index contributed by atoms with van der Waals surface area (Å²) >= 11 is 6.18. The Bertz CT molecular complexity index is 1200. The Kier molecular flexibility index (Phi) is 7.43. The first-order valence-corrected chi connectivity index (χ1v) is 12.1. The highest BCUT2D eigenvalue weighted by Gasteiger charge is 2.25. The Morgan fingerprint density at radius 3 is 2.31 bits per heavy atom. The van der Waals surface area contributed by atoms with E-state index in [2.05, 4.69) is 5.32 Å². The molecule has 1 unspecified atom stereocenters. The van der Waals surface area contributed by atoms with Gasteiger partial charge in [-0.25, -0.2) is 8.42 Å². The lowest BCUT2D eigenvalue weighted by Gasteiger charge is -2.26. The number of sulfonamides is 1. The van der Waals surface area contributed by atoms with Crippen molar-refractivity contribution in [3.05, 3.63) is 94.5 Å². The normalized spacial score (nSPS) is 12.1. The highest BCUT2D eigenvalue weighted by molar-refractivity contribution is 7.92. The number of benzene rings is 3. The van der Waals surface area contributed by atoms with Gasteiger partial charge in [-0.2, -0.15) is 0 Å². The molecule has 0 aliphatic heterocycles. The number of rotatable bonds is 8. The molecule has 3 aromatic carbocycles. The summed E-state index contributed by atoms with van der Waals surface area (Å²) in [6, 6.07) is 21.5. The third-order valence-electron chi connectivity index (χ3n) is 5.05. The highest BCUT2D eigenvalue weighted by Crippen LogP contribution is 2.30. The predicted octanol–water partition coefficient (Wildman–Crippen LogP) is 4.33. The van der Waals surface area contributed by atoms with Gasteiger partial charge in [0, 0.05) is 0 Å². The van der Waals surface area contributed by atoms with Gasteiger partial charge in [0.05, 0.1) is 30.1 Å². The average molecular weight is 473 g/mol. The maximum absolute atomic E-state index is 13.1. The molecule has 168 valence electrons. The Hall–Kier alpha value is -3.03. The molecule has 0 fully saturated rings. The molecule has 0 heterocycles. The first kappa shape index (κ1) is 23.6. The maximum atomic E-state index is 13.1. The molecule has 32 heavy (non-hydrogen) atoms. The smallest absolute Gasteiger partial charge is 0.241 e. The first-order valence-electron chi connectivity index (χ1n) is 9.92. The van der Waals surface area contributed by atoms with Crippen LogP contribution in [-0.2, 0) is 14.8 Å². The molecule has 1 amide bonds. The van der Waals surface area contributed by atoms with E-state index in [1.54, 1.807) is 12.1 Å². The number of hydrogen-bond acceptors (Lipinski definition) is 4. The van der Waals surface area contributed by atoms with Gasteiger partial charge in [-0.15, -0.1) is 0 Å². The maximum Gasteiger partial charge on any atom is 0.241 e. The van der Waals surface area contributed by atoms with Crippen LogP contribution in [0.25, 0.3) is 0 Å². The zero-order chi connectivity index (χ0) is 23.3. The van der Waals surface area contributed by atoms with E-state index in [1.807, 2.05) is 61.5 Å². The van der Waals surface area contributed by atoms with Crippen molar-refractivity contribution in [1.82, 2.24) is 5.32 Å². The minimum Gasteiger partial charge on any atom is -0.495 e. The van der Waals surface area contributed by atoms with Gasteiger partial charge >= 0.3 is 0 Å². The highest BCUT2D eigenvalue weighted by atomic mass is 35.5. The molecular formula is C24H25ClN2O4S. The molecule has 8 heteroatoms.